The molecule has 0 aromatic carbocycles. The van der Waals surface area contributed by atoms with Crippen molar-refractivity contribution in [2.24, 2.45) is 102 Å². The van der Waals surface area contributed by atoms with Crippen molar-refractivity contribution in [2.45, 2.75) is 45.3 Å². The van der Waals surface area contributed by atoms with Crippen LogP contribution in [-0.2, 0) is 52.7 Å². The van der Waals surface area contributed by atoms with Gasteiger partial charge in [0.2, 0.25) is 64.5 Å². The molecule has 56 heavy (non-hydrogen) atoms. The molecule has 11 amide bonds. The Morgan fingerprint density at radius 3 is 1.52 bits per heavy atom. The number of rotatable bonds is 12. The summed E-state index contributed by atoms with van der Waals surface area (Å²) in [5.74, 6) is -30.1. The van der Waals surface area contributed by atoms with Crippen LogP contribution in [0.4, 0.5) is 0 Å². The average molecular weight is 788 g/mol. The molecule has 0 heterocycles. The number of nitrogens with two attached hydrogens (primary N) is 10. The molecule has 24 nitrogen and oxygen atoms in total. The van der Waals surface area contributed by atoms with Crippen LogP contribution in [0.15, 0.2) is 28.2 Å². The fourth-order valence-electron chi connectivity index (χ4n) is 10.8. The van der Waals surface area contributed by atoms with Gasteiger partial charge in [-0.05, 0) is 44.3 Å². The summed E-state index contributed by atoms with van der Waals surface area (Å²) in [5, 5.41) is 23.4. The van der Waals surface area contributed by atoms with Gasteiger partial charge in [-0.25, -0.2) is 0 Å². The molecule has 0 spiro atoms. The van der Waals surface area contributed by atoms with Crippen LogP contribution in [0.3, 0.4) is 0 Å². The Kier molecular flexibility index (Phi) is 9.25. The van der Waals surface area contributed by atoms with Gasteiger partial charge < -0.3 is 72.4 Å². The minimum absolute atomic E-state index is 0.861. The number of carbonyl (C=O) groups excluding carboxylic acids is 11. The molecule has 0 radical (unpaired) electrons. The molecule has 302 valence electrons. The normalized spacial score (nSPS) is 30.6. The third-order valence-electron chi connectivity index (χ3n) is 12.7. The van der Waals surface area contributed by atoms with Gasteiger partial charge in [-0.2, -0.15) is 0 Å². The SMILES string of the molecule is CC(C)N(C)C(=O)[C@]12CCC3C4=C(C(C(N)=O)(C(N)=O)C(O)=C=C4C(N)=O)C(C(N)=O)(C(N)=O)C(C(N)=O)(C(N)=O)C3(C(N)=O)C1(C(N)=O)C(C(N)=O)C[C@@H]2O. The van der Waals surface area contributed by atoms with E-state index in [2.05, 4.69) is 0 Å². The molecule has 4 aliphatic rings. The van der Waals surface area contributed by atoms with E-state index in [1.54, 1.807) is 0 Å². The third kappa shape index (κ3) is 3.87. The molecule has 2 fully saturated rings. The molecule has 24 heteroatoms. The molecule has 0 saturated heterocycles. The lowest BCUT2D eigenvalue weighted by Gasteiger charge is -2.71. The topological polar surface area (TPSA) is 492 Å². The van der Waals surface area contributed by atoms with E-state index in [1.165, 1.54) is 13.8 Å². The molecular formula is C32H41N11O13. The summed E-state index contributed by atoms with van der Waals surface area (Å²) >= 11 is 0. The lowest BCUT2D eigenvalue weighted by atomic mass is 9.25. The Bertz CT molecular complexity index is 2080. The number of aliphatic hydroxyl groups excluding tert-OH is 2. The molecule has 4 aliphatic carbocycles. The van der Waals surface area contributed by atoms with Gasteiger partial charge in [-0.15, -0.1) is 0 Å². The van der Waals surface area contributed by atoms with E-state index in [9.17, 15) is 53.4 Å². The minimum Gasteiger partial charge on any atom is -0.503 e. The number of hydrogen-bond donors (Lipinski definition) is 12. The lowest BCUT2D eigenvalue weighted by Crippen LogP contribution is -2.88. The third-order valence-corrected chi connectivity index (χ3v) is 12.7. The summed E-state index contributed by atoms with van der Waals surface area (Å²) < 4.78 is 0. The Labute approximate surface area is 314 Å². The summed E-state index contributed by atoms with van der Waals surface area (Å²) in [4.78, 5) is 158. The first kappa shape index (κ1) is 41.9. The maximum Gasteiger partial charge on any atom is 0.256 e. The van der Waals surface area contributed by atoms with Crippen molar-refractivity contribution in [2.75, 3.05) is 7.05 Å². The second-order valence-electron chi connectivity index (χ2n) is 14.6. The number of nitrogens with zero attached hydrogens (tertiary/aromatic N) is 1. The fourth-order valence-corrected chi connectivity index (χ4v) is 10.8. The first-order chi connectivity index (χ1) is 25.6. The van der Waals surface area contributed by atoms with Gasteiger partial charge >= 0.3 is 0 Å². The zero-order valence-electron chi connectivity index (χ0n) is 30.0. The molecule has 4 rings (SSSR count). The van der Waals surface area contributed by atoms with E-state index >= 15 is 9.59 Å². The standard InChI is InChI=1S/C32H41N11O13/c1-8(2)43(3)26(56)27-5-4-10-14-9(16(33)46)6-13(45)28(18(35)48,19(36)49)15(14)29(20(37)50,21(38)51)32(24(41)54,25(42)55)31(10,23(40)53)30(27,22(39)52)11(17(34)47)7-12(27)44/h8,10-12,44-45H,4-5,7H2,1-3H3,(H2,33,46)(H2,34,47)(H2,35,48)(H2,36,49)(H2,37,50)(H2,38,51)(H2,39,52)(H2,40,53)(H2,41,54)(H2,42,55)/t10?,11?,12-,27+,30?,31?/m0/s1. The first-order valence-corrected chi connectivity index (χ1v) is 16.5. The Morgan fingerprint density at radius 2 is 1.18 bits per heavy atom. The lowest BCUT2D eigenvalue weighted by molar-refractivity contribution is -0.239. The van der Waals surface area contributed by atoms with Gasteiger partial charge in [0.15, 0.2) is 16.6 Å². The van der Waals surface area contributed by atoms with E-state index < -0.39 is 163 Å². The quantitative estimate of drug-likeness (QED) is 0.0647. The largest absolute Gasteiger partial charge is 0.503 e. The zero-order chi connectivity index (χ0) is 43.4. The van der Waals surface area contributed by atoms with Crippen LogP contribution in [0.5, 0.6) is 0 Å². The van der Waals surface area contributed by atoms with Crippen LogP contribution in [0.2, 0.25) is 0 Å². The Balaban J connectivity index is 2.74. The van der Waals surface area contributed by atoms with Crippen LogP contribution in [0.1, 0.15) is 33.1 Å². The summed E-state index contributed by atoms with van der Waals surface area (Å²) in [5.41, 5.74) is 32.4. The van der Waals surface area contributed by atoms with Crippen LogP contribution in [0, 0.1) is 44.3 Å². The first-order valence-electron chi connectivity index (χ1n) is 16.5. The molecule has 0 aliphatic heterocycles. The zero-order valence-corrected chi connectivity index (χ0v) is 30.0. The van der Waals surface area contributed by atoms with Crippen LogP contribution < -0.4 is 57.3 Å². The molecule has 0 aromatic heterocycles. The molecule has 0 aromatic rings. The maximum atomic E-state index is 15.0. The van der Waals surface area contributed by atoms with Crippen LogP contribution >= 0.6 is 0 Å². The summed E-state index contributed by atoms with van der Waals surface area (Å²) in [6.45, 7) is 2.86. The van der Waals surface area contributed by atoms with Crippen molar-refractivity contribution in [3.63, 3.8) is 0 Å². The number of primary amides is 10. The van der Waals surface area contributed by atoms with Gasteiger partial charge in [0, 0.05) is 19.0 Å². The van der Waals surface area contributed by atoms with Crippen molar-refractivity contribution in [1.29, 1.82) is 0 Å². The number of amides is 11. The number of aliphatic hydroxyl groups is 2. The van der Waals surface area contributed by atoms with Crippen molar-refractivity contribution < 1.29 is 63.0 Å². The second-order valence-corrected chi connectivity index (χ2v) is 14.6. The summed E-state index contributed by atoms with van der Waals surface area (Å²) in [6, 6.07) is -0.861. The second kappa shape index (κ2) is 12.4. The van der Waals surface area contributed by atoms with Gasteiger partial charge in [-0.3, -0.25) is 52.7 Å². The average Bonchev–Trinajstić information content (AvgIpc) is 3.35. The molecular weight excluding hydrogens is 746 g/mol. The minimum atomic E-state index is -4.58. The highest BCUT2D eigenvalue weighted by atomic mass is 16.3. The van der Waals surface area contributed by atoms with Gasteiger partial charge in [0.1, 0.15) is 0 Å². The van der Waals surface area contributed by atoms with Gasteiger partial charge in [0.05, 0.1) is 33.8 Å². The van der Waals surface area contributed by atoms with Crippen molar-refractivity contribution in [3.8, 4) is 0 Å². The Morgan fingerprint density at radius 1 is 0.714 bits per heavy atom. The van der Waals surface area contributed by atoms with Gasteiger partial charge in [0.25, 0.3) is 5.91 Å². The van der Waals surface area contributed by atoms with E-state index in [1.807, 2.05) is 5.73 Å². The monoisotopic (exact) mass is 787 g/mol. The Hall–Kier alpha value is -6.81. The molecule has 22 N–H and O–H groups in total. The molecule has 6 atom stereocenters. The molecule has 2 saturated carbocycles. The van der Waals surface area contributed by atoms with E-state index in [0.717, 1.165) is 11.9 Å². The highest BCUT2D eigenvalue weighted by molar-refractivity contribution is 6.28. The van der Waals surface area contributed by atoms with Crippen molar-refractivity contribution in [1.82, 2.24) is 4.90 Å². The summed E-state index contributed by atoms with van der Waals surface area (Å²) in [7, 11) is 1.13. The number of hydrogen-bond acceptors (Lipinski definition) is 13. The molecule has 0 bridgehead atoms. The highest BCUT2D eigenvalue weighted by Gasteiger charge is 2.96. The van der Waals surface area contributed by atoms with E-state index in [0.29, 0.717) is 0 Å². The van der Waals surface area contributed by atoms with Crippen molar-refractivity contribution >= 4 is 65.0 Å². The van der Waals surface area contributed by atoms with Gasteiger partial charge in [-0.1, -0.05) is 5.73 Å². The maximum absolute atomic E-state index is 15.0. The number of fused-ring (bicyclic) bond motifs is 4. The predicted molar refractivity (Wildman–Crippen MR) is 181 cm³/mol. The fraction of sp³-hybridized carbons (Fsp3) is 0.500. The van der Waals surface area contributed by atoms with Crippen LogP contribution in [0.25, 0.3) is 0 Å². The smallest absolute Gasteiger partial charge is 0.256 e. The van der Waals surface area contributed by atoms with E-state index in [-0.39, 0.29) is 0 Å². The van der Waals surface area contributed by atoms with E-state index in [4.69, 9.17) is 57.3 Å². The van der Waals surface area contributed by atoms with Crippen LogP contribution in [-0.4, -0.2) is 99.3 Å². The van der Waals surface area contributed by atoms with Crippen molar-refractivity contribution in [3.05, 3.63) is 28.2 Å². The summed E-state index contributed by atoms with van der Waals surface area (Å²) in [6.07, 6.45) is -5.45. The molecule has 4 unspecified atom stereocenters. The number of carbonyl (C=O) groups is 11. The highest BCUT2D eigenvalue weighted by Crippen LogP contribution is 2.82. The predicted octanol–water partition coefficient (Wildman–Crippen LogP) is -8.29.